The van der Waals surface area contributed by atoms with Crippen LogP contribution in [0.25, 0.3) is 0 Å². The van der Waals surface area contributed by atoms with Crippen LogP contribution in [0.2, 0.25) is 0 Å². The molecule has 0 amide bonds. The third-order valence-corrected chi connectivity index (χ3v) is 5.94. The fourth-order valence-electron chi connectivity index (χ4n) is 1.66. The Kier molecular flexibility index (Phi) is 3.60. The third-order valence-electron chi connectivity index (χ3n) is 2.39. The van der Waals surface area contributed by atoms with Crippen molar-refractivity contribution in [2.24, 2.45) is 0 Å². The number of nitro benzene ring substituents is 1. The Morgan fingerprint density at radius 3 is 2.88 bits per heavy atom. The lowest BCUT2D eigenvalue weighted by Gasteiger charge is -2.20. The molecule has 0 spiro atoms. The maximum atomic E-state index is 11.8. The van der Waals surface area contributed by atoms with Gasteiger partial charge in [-0.25, -0.2) is 0 Å². The fourth-order valence-corrected chi connectivity index (χ4v) is 5.06. The van der Waals surface area contributed by atoms with E-state index < -0.39 is 15.7 Å². The second-order valence-electron chi connectivity index (χ2n) is 3.46. The zero-order chi connectivity index (χ0) is 11.5. The lowest BCUT2D eigenvalue weighted by molar-refractivity contribution is -0.385. The van der Waals surface area contributed by atoms with E-state index in [9.17, 15) is 14.3 Å². The maximum absolute atomic E-state index is 11.8. The van der Waals surface area contributed by atoms with Crippen LogP contribution in [-0.2, 0) is 10.8 Å². The highest BCUT2D eigenvalue weighted by Crippen LogP contribution is 2.40. The van der Waals surface area contributed by atoms with Gasteiger partial charge < -0.3 is 0 Å². The minimum Gasteiger partial charge on any atom is -0.258 e. The van der Waals surface area contributed by atoms with Crippen molar-refractivity contribution in [3.8, 4) is 0 Å². The lowest BCUT2D eigenvalue weighted by Crippen LogP contribution is -2.14. The predicted molar refractivity (Wildman–Crippen MR) is 65.9 cm³/mol. The molecule has 1 saturated heterocycles. The molecule has 2 rings (SSSR count). The SMILES string of the molecule is O=[N+]([O-])c1ccccc1[C@H]1SCCC[S@@]1=O. The molecule has 0 aliphatic carbocycles. The van der Waals surface area contributed by atoms with Gasteiger partial charge in [-0.15, -0.1) is 11.8 Å². The highest BCUT2D eigenvalue weighted by Gasteiger charge is 2.28. The molecule has 6 heteroatoms. The number of hydrogen-bond donors (Lipinski definition) is 0. The molecule has 1 aliphatic heterocycles. The molecule has 0 aromatic heterocycles. The Labute approximate surface area is 100 Å². The zero-order valence-electron chi connectivity index (χ0n) is 8.50. The van der Waals surface area contributed by atoms with Gasteiger partial charge in [0.1, 0.15) is 4.58 Å². The zero-order valence-corrected chi connectivity index (χ0v) is 10.1. The summed E-state index contributed by atoms with van der Waals surface area (Å²) in [5.74, 6) is 1.56. The number of para-hydroxylation sites is 1. The van der Waals surface area contributed by atoms with Crippen molar-refractivity contribution >= 4 is 28.2 Å². The molecule has 1 aromatic carbocycles. The van der Waals surface area contributed by atoms with Gasteiger partial charge in [0.05, 0.1) is 10.5 Å². The first kappa shape index (κ1) is 11.6. The van der Waals surface area contributed by atoms with Crippen LogP contribution in [-0.4, -0.2) is 20.6 Å². The molecule has 0 bridgehead atoms. The molecular weight excluding hydrogens is 246 g/mol. The smallest absolute Gasteiger partial charge is 0.258 e. The van der Waals surface area contributed by atoms with Crippen molar-refractivity contribution in [1.29, 1.82) is 0 Å². The van der Waals surface area contributed by atoms with Crippen molar-refractivity contribution < 1.29 is 9.13 Å². The van der Waals surface area contributed by atoms with Crippen LogP contribution < -0.4 is 0 Å². The summed E-state index contributed by atoms with van der Waals surface area (Å²) in [5.41, 5.74) is 0.672. The molecule has 86 valence electrons. The Hall–Kier alpha value is -0.880. The summed E-state index contributed by atoms with van der Waals surface area (Å²) in [7, 11) is -0.997. The Morgan fingerprint density at radius 2 is 2.19 bits per heavy atom. The second kappa shape index (κ2) is 4.97. The molecule has 1 aromatic rings. The van der Waals surface area contributed by atoms with Crippen molar-refractivity contribution in [3.05, 3.63) is 39.9 Å². The van der Waals surface area contributed by atoms with Crippen molar-refractivity contribution in [3.63, 3.8) is 0 Å². The first-order valence-corrected chi connectivity index (χ1v) is 7.35. The highest BCUT2D eigenvalue weighted by molar-refractivity contribution is 8.11. The number of rotatable bonds is 2. The number of thioether (sulfide) groups is 1. The van der Waals surface area contributed by atoms with Crippen LogP contribution in [0.1, 0.15) is 16.6 Å². The molecule has 0 N–H and O–H groups in total. The van der Waals surface area contributed by atoms with E-state index >= 15 is 0 Å². The van der Waals surface area contributed by atoms with Crippen LogP contribution in [0.3, 0.4) is 0 Å². The van der Waals surface area contributed by atoms with Crippen LogP contribution in [0.5, 0.6) is 0 Å². The summed E-state index contributed by atoms with van der Waals surface area (Å²) in [6.45, 7) is 0. The Morgan fingerprint density at radius 1 is 1.44 bits per heavy atom. The summed E-state index contributed by atoms with van der Waals surface area (Å²) in [6.07, 6.45) is 0.925. The monoisotopic (exact) mass is 257 g/mol. The first-order valence-electron chi connectivity index (χ1n) is 4.92. The van der Waals surface area contributed by atoms with E-state index in [0.717, 1.165) is 12.2 Å². The number of benzene rings is 1. The van der Waals surface area contributed by atoms with E-state index in [2.05, 4.69) is 0 Å². The molecule has 16 heavy (non-hydrogen) atoms. The molecule has 2 atom stereocenters. The molecule has 0 unspecified atom stereocenters. The summed E-state index contributed by atoms with van der Waals surface area (Å²) in [6, 6.07) is 6.58. The van der Waals surface area contributed by atoms with E-state index in [-0.39, 0.29) is 10.3 Å². The Bertz CT molecular complexity index is 436. The molecule has 1 aliphatic rings. The van der Waals surface area contributed by atoms with E-state index in [1.165, 1.54) is 6.07 Å². The molecule has 0 radical (unpaired) electrons. The van der Waals surface area contributed by atoms with Gasteiger partial charge >= 0.3 is 0 Å². The minimum atomic E-state index is -0.997. The van der Waals surface area contributed by atoms with Crippen LogP contribution in [0.4, 0.5) is 5.69 Å². The summed E-state index contributed by atoms with van der Waals surface area (Å²) >= 11 is 1.55. The standard InChI is InChI=1S/C10H11NO3S2/c12-11(13)9-5-2-1-4-8(9)10-15-6-3-7-16(10)14/h1-2,4-5,10H,3,6-7H2/t10-,16-/m0/s1. The average molecular weight is 257 g/mol. The second-order valence-corrected chi connectivity index (χ2v) is 6.61. The van der Waals surface area contributed by atoms with Gasteiger partial charge in [-0.1, -0.05) is 18.2 Å². The molecule has 1 heterocycles. The number of hydrogen-bond acceptors (Lipinski definition) is 4. The normalized spacial score (nSPS) is 25.2. The summed E-state index contributed by atoms with van der Waals surface area (Å²) in [5, 5.41) is 10.9. The molecule has 1 fully saturated rings. The number of nitrogens with zero attached hydrogens (tertiary/aromatic N) is 1. The van der Waals surface area contributed by atoms with Crippen molar-refractivity contribution in [1.82, 2.24) is 0 Å². The fraction of sp³-hybridized carbons (Fsp3) is 0.400. The van der Waals surface area contributed by atoms with Gasteiger partial charge in [0.2, 0.25) is 0 Å². The van der Waals surface area contributed by atoms with Gasteiger partial charge in [0, 0.05) is 22.6 Å². The molecule has 4 nitrogen and oxygen atoms in total. The van der Waals surface area contributed by atoms with Crippen molar-refractivity contribution in [2.45, 2.75) is 11.0 Å². The summed E-state index contributed by atoms with van der Waals surface area (Å²) in [4.78, 5) is 10.5. The van der Waals surface area contributed by atoms with Crippen molar-refractivity contribution in [2.75, 3.05) is 11.5 Å². The van der Waals surface area contributed by atoms with E-state index in [1.54, 1.807) is 30.0 Å². The average Bonchev–Trinajstić information content (AvgIpc) is 2.29. The molecular formula is C10H11NO3S2. The molecule has 0 saturated carbocycles. The van der Waals surface area contributed by atoms with Crippen LogP contribution in [0.15, 0.2) is 24.3 Å². The third kappa shape index (κ3) is 2.27. The predicted octanol–water partition coefficient (Wildman–Crippen LogP) is 2.48. The van der Waals surface area contributed by atoms with E-state index in [1.807, 2.05) is 0 Å². The van der Waals surface area contributed by atoms with Gasteiger partial charge in [0.25, 0.3) is 5.69 Å². The van der Waals surface area contributed by atoms with E-state index in [0.29, 0.717) is 11.3 Å². The minimum absolute atomic E-state index is 0.0789. The Balaban J connectivity index is 2.38. The maximum Gasteiger partial charge on any atom is 0.274 e. The van der Waals surface area contributed by atoms with Gasteiger partial charge in [0.15, 0.2) is 0 Å². The lowest BCUT2D eigenvalue weighted by atomic mass is 10.2. The van der Waals surface area contributed by atoms with E-state index in [4.69, 9.17) is 0 Å². The largest absolute Gasteiger partial charge is 0.274 e. The van der Waals surface area contributed by atoms with Crippen LogP contribution >= 0.6 is 11.8 Å². The highest BCUT2D eigenvalue weighted by atomic mass is 32.2. The number of nitro groups is 1. The van der Waals surface area contributed by atoms with Gasteiger partial charge in [-0.3, -0.25) is 14.3 Å². The van der Waals surface area contributed by atoms with Crippen LogP contribution in [0, 0.1) is 10.1 Å². The topological polar surface area (TPSA) is 60.2 Å². The van der Waals surface area contributed by atoms with Gasteiger partial charge in [-0.05, 0) is 12.2 Å². The van der Waals surface area contributed by atoms with Gasteiger partial charge in [-0.2, -0.15) is 0 Å². The quantitative estimate of drug-likeness (QED) is 0.603. The summed E-state index contributed by atoms with van der Waals surface area (Å²) < 4.78 is 11.6. The first-order chi connectivity index (χ1) is 7.70.